The Hall–Kier alpha value is -2.46. The summed E-state index contributed by atoms with van der Waals surface area (Å²) >= 11 is 12.1. The highest BCUT2D eigenvalue weighted by Gasteiger charge is 2.25. The fraction of sp³-hybridized carbons (Fsp3) is 0.478. The average molecular weight is 518 g/mol. The molecule has 0 radical (unpaired) electrons. The first kappa shape index (κ1) is 29.6. The number of rotatable bonds is 5. The van der Waals surface area contributed by atoms with Gasteiger partial charge < -0.3 is 35.6 Å². The fourth-order valence-corrected chi connectivity index (χ4v) is 3.84. The van der Waals surface area contributed by atoms with Gasteiger partial charge in [0.25, 0.3) is 0 Å². The Balaban J connectivity index is 0.000000343. The van der Waals surface area contributed by atoms with Gasteiger partial charge in [0.1, 0.15) is 0 Å². The number of nitrogens with zero attached hydrogens (tertiary/aromatic N) is 1. The zero-order valence-electron chi connectivity index (χ0n) is 19.7. The van der Waals surface area contributed by atoms with Crippen LogP contribution in [-0.2, 0) is 26.2 Å². The van der Waals surface area contributed by atoms with E-state index < -0.39 is 12.2 Å². The number of aliphatic hydroxyl groups excluding tert-OH is 2. The van der Waals surface area contributed by atoms with Crippen molar-refractivity contribution in [3.05, 3.63) is 45.1 Å². The quantitative estimate of drug-likeness (QED) is 0.338. The zero-order valence-corrected chi connectivity index (χ0v) is 21.2. The van der Waals surface area contributed by atoms with Crippen molar-refractivity contribution in [2.75, 3.05) is 0 Å². The normalized spacial score (nSPS) is 11.8. The molecule has 0 bridgehead atoms. The second kappa shape index (κ2) is 14.1. The molecule has 190 valence electrons. The van der Waals surface area contributed by atoms with Gasteiger partial charge in [-0.3, -0.25) is 0 Å². The van der Waals surface area contributed by atoms with E-state index in [2.05, 4.69) is 15.2 Å². The molecular weight excluding hydrogens is 485 g/mol. The van der Waals surface area contributed by atoms with E-state index in [9.17, 15) is 19.8 Å². The van der Waals surface area contributed by atoms with Crippen LogP contribution < -0.4 is 10.6 Å². The summed E-state index contributed by atoms with van der Waals surface area (Å²) in [5.41, 5.74) is 4.64. The SMILES string of the molecule is CC(C)NC(=O)O.CC(C)NC(=O)O.OCc1c(CO)c(-c2ccc(Cl)c(Cl)c2)n2c1CCC2. The maximum Gasteiger partial charge on any atom is 0.404 e. The monoisotopic (exact) mass is 517 g/mol. The molecule has 6 N–H and O–H groups in total. The predicted octanol–water partition coefficient (Wildman–Crippen LogP) is 4.72. The van der Waals surface area contributed by atoms with Gasteiger partial charge in [0, 0.05) is 41.0 Å². The number of carboxylic acid groups (broad SMARTS) is 2. The fourth-order valence-electron chi connectivity index (χ4n) is 3.54. The number of aromatic nitrogens is 1. The van der Waals surface area contributed by atoms with Crippen LogP contribution in [0.2, 0.25) is 10.0 Å². The molecule has 1 aliphatic rings. The van der Waals surface area contributed by atoms with Crippen molar-refractivity contribution in [1.82, 2.24) is 15.2 Å². The van der Waals surface area contributed by atoms with E-state index in [1.807, 2.05) is 12.1 Å². The van der Waals surface area contributed by atoms with Crippen molar-refractivity contribution in [2.24, 2.45) is 0 Å². The second-order valence-electron chi connectivity index (χ2n) is 8.16. The number of hydrogen-bond acceptors (Lipinski definition) is 4. The second-order valence-corrected chi connectivity index (χ2v) is 8.98. The molecule has 2 aromatic rings. The summed E-state index contributed by atoms with van der Waals surface area (Å²) in [6.45, 7) is 7.85. The number of carbonyl (C=O) groups is 2. The van der Waals surface area contributed by atoms with E-state index in [4.69, 9.17) is 33.4 Å². The predicted molar refractivity (Wildman–Crippen MR) is 133 cm³/mol. The molecule has 9 nitrogen and oxygen atoms in total. The molecular formula is C23H33Cl2N3O6. The number of amides is 2. The average Bonchev–Trinajstić information content (AvgIpc) is 3.28. The summed E-state index contributed by atoms with van der Waals surface area (Å²) in [4.78, 5) is 19.4. The summed E-state index contributed by atoms with van der Waals surface area (Å²) in [6, 6.07) is 5.52. The van der Waals surface area contributed by atoms with Crippen LogP contribution in [0, 0.1) is 0 Å². The van der Waals surface area contributed by atoms with Crippen LogP contribution in [0.4, 0.5) is 9.59 Å². The van der Waals surface area contributed by atoms with Crippen LogP contribution >= 0.6 is 23.2 Å². The van der Waals surface area contributed by atoms with Gasteiger partial charge in [0.05, 0.1) is 29.0 Å². The van der Waals surface area contributed by atoms with Gasteiger partial charge in [-0.15, -0.1) is 0 Å². The van der Waals surface area contributed by atoms with Crippen molar-refractivity contribution in [3.8, 4) is 11.3 Å². The molecule has 0 fully saturated rings. The van der Waals surface area contributed by atoms with Gasteiger partial charge in [0.2, 0.25) is 0 Å². The van der Waals surface area contributed by atoms with E-state index >= 15 is 0 Å². The number of aliphatic hydroxyl groups is 2. The topological polar surface area (TPSA) is 144 Å². The van der Waals surface area contributed by atoms with Crippen LogP contribution in [0.1, 0.15) is 50.9 Å². The lowest BCUT2D eigenvalue weighted by atomic mass is 10.0. The molecule has 34 heavy (non-hydrogen) atoms. The molecule has 1 aromatic heterocycles. The summed E-state index contributed by atoms with van der Waals surface area (Å²) in [5.74, 6) is 0. The highest BCUT2D eigenvalue weighted by atomic mass is 35.5. The number of hydrogen-bond donors (Lipinski definition) is 6. The minimum Gasteiger partial charge on any atom is -0.465 e. The summed E-state index contributed by atoms with van der Waals surface area (Å²) in [7, 11) is 0. The van der Waals surface area contributed by atoms with Gasteiger partial charge in [-0.05, 0) is 52.7 Å². The minimum atomic E-state index is -0.963. The van der Waals surface area contributed by atoms with Crippen LogP contribution in [0.25, 0.3) is 11.3 Å². The Morgan fingerprint density at radius 2 is 1.47 bits per heavy atom. The molecule has 0 spiro atoms. The lowest BCUT2D eigenvalue weighted by Crippen LogP contribution is -2.27. The van der Waals surface area contributed by atoms with Crippen molar-refractivity contribution in [2.45, 2.75) is 72.4 Å². The lowest BCUT2D eigenvalue weighted by Gasteiger charge is -2.10. The molecule has 0 aliphatic carbocycles. The van der Waals surface area contributed by atoms with Crippen molar-refractivity contribution >= 4 is 35.4 Å². The Labute approximate surface area is 209 Å². The number of benzene rings is 1. The molecule has 3 rings (SSSR count). The molecule has 0 saturated heterocycles. The maximum atomic E-state index is 9.70. The molecule has 0 atom stereocenters. The first-order valence-corrected chi connectivity index (χ1v) is 11.6. The number of fused-ring (bicyclic) bond motifs is 1. The van der Waals surface area contributed by atoms with Crippen LogP contribution in [0.15, 0.2) is 18.2 Å². The standard InChI is InChI=1S/C15H15Cl2NO2.2C4H9NO2/c16-12-4-3-9(6-13(12)17)15-11(8-20)10(7-19)14-2-1-5-18(14)15;2*1-3(2)5-4(6)7/h3-4,6,19-20H,1-2,5,7-8H2;2*3,5H,1-2H3,(H,6,7). The first-order valence-electron chi connectivity index (χ1n) is 10.8. The number of nitrogens with one attached hydrogen (secondary N) is 2. The van der Waals surface area contributed by atoms with Gasteiger partial charge in [-0.2, -0.15) is 0 Å². The molecule has 2 amide bonds. The molecule has 0 unspecified atom stereocenters. The van der Waals surface area contributed by atoms with Gasteiger partial charge in [-0.1, -0.05) is 29.3 Å². The van der Waals surface area contributed by atoms with Crippen LogP contribution in [0.3, 0.4) is 0 Å². The third-order valence-corrected chi connectivity index (χ3v) is 5.46. The minimum absolute atomic E-state index is 0.0255. The Kier molecular flexibility index (Phi) is 12.2. The third-order valence-electron chi connectivity index (χ3n) is 4.72. The first-order chi connectivity index (χ1) is 15.9. The van der Waals surface area contributed by atoms with E-state index in [-0.39, 0.29) is 25.3 Å². The third kappa shape index (κ3) is 8.72. The van der Waals surface area contributed by atoms with Crippen LogP contribution in [-0.4, -0.2) is 49.3 Å². The van der Waals surface area contributed by atoms with Crippen molar-refractivity contribution < 1.29 is 30.0 Å². The zero-order chi connectivity index (χ0) is 26.0. The molecule has 11 heteroatoms. The lowest BCUT2D eigenvalue weighted by molar-refractivity contribution is 0.190. The van der Waals surface area contributed by atoms with Crippen molar-refractivity contribution in [3.63, 3.8) is 0 Å². The Bertz CT molecular complexity index is 956. The summed E-state index contributed by atoms with van der Waals surface area (Å²) < 4.78 is 2.18. The Morgan fingerprint density at radius 3 is 1.85 bits per heavy atom. The van der Waals surface area contributed by atoms with Gasteiger partial charge in [0.15, 0.2) is 0 Å². The van der Waals surface area contributed by atoms with E-state index in [1.165, 1.54) is 0 Å². The van der Waals surface area contributed by atoms with Crippen molar-refractivity contribution in [1.29, 1.82) is 0 Å². The number of halogens is 2. The summed E-state index contributed by atoms with van der Waals surface area (Å²) in [6.07, 6.45) is 0.0667. The molecule has 2 heterocycles. The maximum absolute atomic E-state index is 9.70. The van der Waals surface area contributed by atoms with Gasteiger partial charge in [-0.25, -0.2) is 9.59 Å². The van der Waals surface area contributed by atoms with E-state index in [1.54, 1.807) is 33.8 Å². The molecule has 1 aromatic carbocycles. The summed E-state index contributed by atoms with van der Waals surface area (Å²) in [5, 5.41) is 40.7. The van der Waals surface area contributed by atoms with E-state index in [0.29, 0.717) is 10.0 Å². The van der Waals surface area contributed by atoms with E-state index in [0.717, 1.165) is 47.5 Å². The Morgan fingerprint density at radius 1 is 0.941 bits per heavy atom. The smallest absolute Gasteiger partial charge is 0.404 e. The highest BCUT2D eigenvalue weighted by Crippen LogP contribution is 2.38. The highest BCUT2D eigenvalue weighted by molar-refractivity contribution is 6.42. The molecule has 1 aliphatic heterocycles. The van der Waals surface area contributed by atoms with Crippen LogP contribution in [0.5, 0.6) is 0 Å². The molecule has 0 saturated carbocycles. The van der Waals surface area contributed by atoms with Gasteiger partial charge >= 0.3 is 12.2 Å². The largest absolute Gasteiger partial charge is 0.465 e.